The van der Waals surface area contributed by atoms with Crippen molar-refractivity contribution in [1.82, 2.24) is 9.88 Å². The fourth-order valence-electron chi connectivity index (χ4n) is 2.60. The number of carbonyl (C=O) groups excluding carboxylic acids is 1. The number of thiazole rings is 1. The van der Waals surface area contributed by atoms with Gasteiger partial charge in [0.2, 0.25) is 5.91 Å². The summed E-state index contributed by atoms with van der Waals surface area (Å²) in [5, 5.41) is 5.08. The molecule has 1 heterocycles. The highest BCUT2D eigenvalue weighted by molar-refractivity contribution is 7.07. The number of benzene rings is 2. The highest BCUT2D eigenvalue weighted by atomic mass is 35.5. The minimum atomic E-state index is -0.260. The Morgan fingerprint density at radius 3 is 2.69 bits per heavy atom. The molecule has 0 radical (unpaired) electrons. The van der Waals surface area contributed by atoms with Gasteiger partial charge in [-0.3, -0.25) is 14.2 Å². The van der Waals surface area contributed by atoms with Gasteiger partial charge in [0.15, 0.2) is 0 Å². The van der Waals surface area contributed by atoms with Crippen LogP contribution in [0.1, 0.15) is 5.56 Å². The van der Waals surface area contributed by atoms with E-state index < -0.39 is 0 Å². The molecule has 0 aliphatic rings. The van der Waals surface area contributed by atoms with E-state index in [4.69, 9.17) is 16.3 Å². The van der Waals surface area contributed by atoms with Crippen LogP contribution in [0.3, 0.4) is 0 Å². The zero-order valence-electron chi connectivity index (χ0n) is 14.1. The van der Waals surface area contributed by atoms with E-state index in [0.29, 0.717) is 23.0 Å². The average molecular weight is 389 g/mol. The van der Waals surface area contributed by atoms with Gasteiger partial charge in [0, 0.05) is 28.1 Å². The number of halogens is 1. The summed E-state index contributed by atoms with van der Waals surface area (Å²) in [7, 11) is 1.58. The number of rotatable bonds is 6. The minimum absolute atomic E-state index is 0.0714. The molecule has 134 valence electrons. The second kappa shape index (κ2) is 8.21. The largest absolute Gasteiger partial charge is 0.496 e. The Bertz CT molecular complexity index is 981. The van der Waals surface area contributed by atoms with Gasteiger partial charge in [0.25, 0.3) is 0 Å². The van der Waals surface area contributed by atoms with E-state index >= 15 is 0 Å². The molecule has 0 aliphatic heterocycles. The van der Waals surface area contributed by atoms with Crippen LogP contribution in [0.5, 0.6) is 5.75 Å². The van der Waals surface area contributed by atoms with Crippen molar-refractivity contribution in [3.05, 3.63) is 74.2 Å². The molecule has 0 spiro atoms. The number of para-hydroxylation sites is 1. The van der Waals surface area contributed by atoms with Crippen LogP contribution >= 0.6 is 22.9 Å². The maximum atomic E-state index is 12.4. The Morgan fingerprint density at radius 1 is 1.19 bits per heavy atom. The summed E-state index contributed by atoms with van der Waals surface area (Å²) in [4.78, 5) is 24.3. The van der Waals surface area contributed by atoms with Crippen LogP contribution in [0.15, 0.2) is 58.7 Å². The first-order valence-corrected chi connectivity index (χ1v) is 9.17. The quantitative estimate of drug-likeness (QED) is 0.702. The van der Waals surface area contributed by atoms with Gasteiger partial charge in [-0.25, -0.2) is 0 Å². The van der Waals surface area contributed by atoms with Gasteiger partial charge in [0.05, 0.1) is 12.8 Å². The van der Waals surface area contributed by atoms with Crippen LogP contribution in [0.2, 0.25) is 5.02 Å². The standard InChI is InChI=1S/C19H17ClN2O3S/c1-25-17-9-5-2-6-13(17)10-21-18(23)11-22-16(12-26-19(22)24)14-7-3-4-8-15(14)20/h2-9,12H,10-11H2,1H3,(H,21,23). The summed E-state index contributed by atoms with van der Waals surface area (Å²) in [5.41, 5.74) is 2.23. The summed E-state index contributed by atoms with van der Waals surface area (Å²) in [6.45, 7) is 0.251. The molecule has 0 saturated heterocycles. The van der Waals surface area contributed by atoms with Crippen LogP contribution in [0, 0.1) is 0 Å². The second-order valence-electron chi connectivity index (χ2n) is 5.54. The molecule has 0 bridgehead atoms. The number of hydrogen-bond acceptors (Lipinski definition) is 4. The van der Waals surface area contributed by atoms with Gasteiger partial charge < -0.3 is 10.1 Å². The van der Waals surface area contributed by atoms with Crippen LogP contribution < -0.4 is 14.9 Å². The van der Waals surface area contributed by atoms with E-state index in [0.717, 1.165) is 22.5 Å². The number of hydrogen-bond donors (Lipinski definition) is 1. The van der Waals surface area contributed by atoms with Crippen molar-refractivity contribution >= 4 is 28.8 Å². The van der Waals surface area contributed by atoms with E-state index in [2.05, 4.69) is 5.32 Å². The molecule has 1 amide bonds. The normalized spacial score (nSPS) is 10.5. The molecule has 3 aromatic rings. The topological polar surface area (TPSA) is 60.3 Å². The van der Waals surface area contributed by atoms with Crippen molar-refractivity contribution in [1.29, 1.82) is 0 Å². The van der Waals surface area contributed by atoms with Crippen molar-refractivity contribution in [3.8, 4) is 17.0 Å². The number of carbonyl (C=O) groups is 1. The van der Waals surface area contributed by atoms with Gasteiger partial charge >= 0.3 is 4.87 Å². The van der Waals surface area contributed by atoms with Gasteiger partial charge in [-0.2, -0.15) is 0 Å². The molecule has 0 unspecified atom stereocenters. The van der Waals surface area contributed by atoms with Crippen molar-refractivity contribution < 1.29 is 9.53 Å². The Labute approximate surface area is 159 Å². The third-order valence-corrected chi connectivity index (χ3v) is 5.00. The molecular weight excluding hydrogens is 372 g/mol. The van der Waals surface area contributed by atoms with Gasteiger partial charge in [-0.1, -0.05) is 59.3 Å². The van der Waals surface area contributed by atoms with Crippen LogP contribution in [0.25, 0.3) is 11.3 Å². The Balaban J connectivity index is 1.75. The van der Waals surface area contributed by atoms with Gasteiger partial charge in [-0.15, -0.1) is 0 Å². The fourth-order valence-corrected chi connectivity index (χ4v) is 3.59. The highest BCUT2D eigenvalue weighted by Crippen LogP contribution is 2.27. The molecule has 0 aliphatic carbocycles. The Morgan fingerprint density at radius 2 is 1.92 bits per heavy atom. The summed E-state index contributed by atoms with van der Waals surface area (Å²) < 4.78 is 6.71. The lowest BCUT2D eigenvalue weighted by molar-refractivity contribution is -0.121. The van der Waals surface area contributed by atoms with Crippen molar-refractivity contribution in [2.45, 2.75) is 13.1 Å². The van der Waals surface area contributed by atoms with Crippen LogP contribution in [-0.2, 0) is 17.9 Å². The first kappa shape index (κ1) is 18.2. The van der Waals surface area contributed by atoms with E-state index in [9.17, 15) is 9.59 Å². The van der Waals surface area contributed by atoms with Crippen molar-refractivity contribution in [2.24, 2.45) is 0 Å². The average Bonchev–Trinajstić information content (AvgIpc) is 3.01. The highest BCUT2D eigenvalue weighted by Gasteiger charge is 2.14. The lowest BCUT2D eigenvalue weighted by Gasteiger charge is -2.11. The van der Waals surface area contributed by atoms with Crippen molar-refractivity contribution in [3.63, 3.8) is 0 Å². The smallest absolute Gasteiger partial charge is 0.308 e. The molecule has 7 heteroatoms. The van der Waals surface area contributed by atoms with Crippen molar-refractivity contribution in [2.75, 3.05) is 7.11 Å². The van der Waals surface area contributed by atoms with Gasteiger partial charge in [0.1, 0.15) is 12.3 Å². The number of aromatic nitrogens is 1. The zero-order valence-corrected chi connectivity index (χ0v) is 15.6. The number of nitrogens with zero attached hydrogens (tertiary/aromatic N) is 1. The van der Waals surface area contributed by atoms with Crippen LogP contribution in [0.4, 0.5) is 0 Å². The first-order chi connectivity index (χ1) is 12.6. The summed E-state index contributed by atoms with van der Waals surface area (Å²) >= 11 is 7.27. The number of nitrogens with one attached hydrogen (secondary N) is 1. The molecule has 26 heavy (non-hydrogen) atoms. The first-order valence-electron chi connectivity index (χ1n) is 7.92. The molecule has 5 nitrogen and oxygen atoms in total. The SMILES string of the molecule is COc1ccccc1CNC(=O)Cn1c(-c2ccccc2Cl)csc1=O. The monoisotopic (exact) mass is 388 g/mol. The summed E-state index contributed by atoms with van der Waals surface area (Å²) in [6.07, 6.45) is 0. The molecule has 1 aromatic heterocycles. The summed E-state index contributed by atoms with van der Waals surface area (Å²) in [5.74, 6) is 0.446. The van der Waals surface area contributed by atoms with E-state index in [-0.39, 0.29) is 17.3 Å². The number of methoxy groups -OCH3 is 1. The second-order valence-corrected chi connectivity index (χ2v) is 6.77. The Kier molecular flexibility index (Phi) is 5.75. The van der Waals surface area contributed by atoms with E-state index in [1.165, 1.54) is 4.57 Å². The number of ether oxygens (including phenoxy) is 1. The number of amides is 1. The Hall–Kier alpha value is -2.57. The molecule has 3 rings (SSSR count). The molecule has 1 N–H and O–H groups in total. The predicted molar refractivity (Wildman–Crippen MR) is 104 cm³/mol. The third kappa shape index (κ3) is 3.98. The summed E-state index contributed by atoms with van der Waals surface area (Å²) in [6, 6.07) is 14.7. The molecule has 0 fully saturated rings. The molecule has 2 aromatic carbocycles. The molecular formula is C19H17ClN2O3S. The zero-order chi connectivity index (χ0) is 18.5. The predicted octanol–water partition coefficient (Wildman–Crippen LogP) is 3.56. The maximum absolute atomic E-state index is 12.4. The van der Waals surface area contributed by atoms with E-state index in [1.54, 1.807) is 18.6 Å². The lowest BCUT2D eigenvalue weighted by atomic mass is 10.1. The van der Waals surface area contributed by atoms with E-state index in [1.807, 2.05) is 42.5 Å². The third-order valence-electron chi connectivity index (χ3n) is 3.90. The maximum Gasteiger partial charge on any atom is 0.308 e. The lowest BCUT2D eigenvalue weighted by Crippen LogP contribution is -2.30. The minimum Gasteiger partial charge on any atom is -0.496 e. The molecule has 0 saturated carbocycles. The van der Waals surface area contributed by atoms with Crippen LogP contribution in [-0.4, -0.2) is 17.6 Å². The van der Waals surface area contributed by atoms with Gasteiger partial charge in [-0.05, 0) is 12.1 Å². The fraction of sp³-hybridized carbons (Fsp3) is 0.158. The molecule has 0 atom stereocenters.